The molecule has 1 heterocycles. The summed E-state index contributed by atoms with van der Waals surface area (Å²) in [6.45, 7) is 2.50. The molecule has 0 unspecified atom stereocenters. The lowest BCUT2D eigenvalue weighted by atomic mass is 10.2. The summed E-state index contributed by atoms with van der Waals surface area (Å²) in [5.74, 6) is -1.64. The number of hydrogen-bond donors (Lipinski definition) is 4. The van der Waals surface area contributed by atoms with Crippen molar-refractivity contribution in [1.82, 2.24) is 5.32 Å². The summed E-state index contributed by atoms with van der Waals surface area (Å²) in [6, 6.07) is -0.979. The minimum atomic E-state index is -1.11. The molecular formula is C9H19N3O3. The zero-order valence-electron chi connectivity index (χ0n) is 8.74. The second-order valence-corrected chi connectivity index (χ2v) is 3.41. The van der Waals surface area contributed by atoms with Gasteiger partial charge in [0.2, 0.25) is 5.91 Å². The molecule has 0 aromatic rings. The Morgan fingerprint density at radius 2 is 1.87 bits per heavy atom. The molecule has 15 heavy (non-hydrogen) atoms. The van der Waals surface area contributed by atoms with Gasteiger partial charge < -0.3 is 21.9 Å². The van der Waals surface area contributed by atoms with E-state index < -0.39 is 17.9 Å². The SMILES string of the molecule is C1CCNC1.NC(=O)CC[C@H](N)C(=O)O. The van der Waals surface area contributed by atoms with Crippen LogP contribution in [0.15, 0.2) is 0 Å². The number of carbonyl (C=O) groups excluding carboxylic acids is 1. The Kier molecular flexibility index (Phi) is 7.57. The molecule has 6 N–H and O–H groups in total. The molecule has 88 valence electrons. The van der Waals surface area contributed by atoms with Gasteiger partial charge in [0.25, 0.3) is 0 Å². The molecule has 0 spiro atoms. The molecule has 0 aromatic carbocycles. The van der Waals surface area contributed by atoms with Gasteiger partial charge in [-0.2, -0.15) is 0 Å². The van der Waals surface area contributed by atoms with Crippen LogP contribution in [0.1, 0.15) is 25.7 Å². The van der Waals surface area contributed by atoms with Crippen molar-refractivity contribution in [1.29, 1.82) is 0 Å². The first-order valence-corrected chi connectivity index (χ1v) is 5.01. The Balaban J connectivity index is 0.000000322. The maximum absolute atomic E-state index is 10.1. The van der Waals surface area contributed by atoms with E-state index in [1.807, 2.05) is 0 Å². The van der Waals surface area contributed by atoms with Crippen LogP contribution in [0.25, 0.3) is 0 Å². The van der Waals surface area contributed by atoms with Crippen molar-refractivity contribution in [2.45, 2.75) is 31.7 Å². The van der Waals surface area contributed by atoms with Gasteiger partial charge in [0.05, 0.1) is 0 Å². The molecule has 1 amide bonds. The van der Waals surface area contributed by atoms with Gasteiger partial charge in [0.1, 0.15) is 6.04 Å². The van der Waals surface area contributed by atoms with Gasteiger partial charge in [-0.05, 0) is 32.4 Å². The zero-order valence-corrected chi connectivity index (χ0v) is 8.74. The minimum absolute atomic E-state index is 0.0213. The van der Waals surface area contributed by atoms with Crippen LogP contribution in [-0.4, -0.2) is 36.1 Å². The summed E-state index contributed by atoms with van der Waals surface area (Å²) >= 11 is 0. The highest BCUT2D eigenvalue weighted by Gasteiger charge is 2.11. The Morgan fingerprint density at radius 1 is 1.33 bits per heavy atom. The Bertz CT molecular complexity index is 197. The molecule has 1 aliphatic rings. The summed E-state index contributed by atoms with van der Waals surface area (Å²) in [5.41, 5.74) is 9.81. The first-order chi connectivity index (χ1) is 7.04. The van der Waals surface area contributed by atoms with E-state index in [1.54, 1.807) is 0 Å². The molecule has 1 saturated heterocycles. The third-order valence-corrected chi connectivity index (χ3v) is 1.98. The van der Waals surface area contributed by atoms with Gasteiger partial charge >= 0.3 is 5.97 Å². The van der Waals surface area contributed by atoms with E-state index in [9.17, 15) is 9.59 Å². The largest absolute Gasteiger partial charge is 0.480 e. The number of primary amides is 1. The van der Waals surface area contributed by atoms with Crippen molar-refractivity contribution < 1.29 is 14.7 Å². The van der Waals surface area contributed by atoms with Crippen molar-refractivity contribution in [3.63, 3.8) is 0 Å². The van der Waals surface area contributed by atoms with Crippen molar-refractivity contribution >= 4 is 11.9 Å². The van der Waals surface area contributed by atoms with Crippen LogP contribution in [0.2, 0.25) is 0 Å². The Hall–Kier alpha value is -1.14. The molecule has 6 nitrogen and oxygen atoms in total. The van der Waals surface area contributed by atoms with Crippen LogP contribution in [0, 0.1) is 0 Å². The second-order valence-electron chi connectivity index (χ2n) is 3.41. The summed E-state index contributed by atoms with van der Waals surface area (Å²) < 4.78 is 0. The maximum atomic E-state index is 10.1. The van der Waals surface area contributed by atoms with E-state index in [1.165, 1.54) is 25.9 Å². The molecule has 0 aromatic heterocycles. The van der Waals surface area contributed by atoms with Crippen molar-refractivity contribution in [3.8, 4) is 0 Å². The topological polar surface area (TPSA) is 118 Å². The van der Waals surface area contributed by atoms with Crippen molar-refractivity contribution in [2.24, 2.45) is 11.5 Å². The van der Waals surface area contributed by atoms with E-state index in [2.05, 4.69) is 5.32 Å². The summed E-state index contributed by atoms with van der Waals surface area (Å²) in [5, 5.41) is 11.4. The first kappa shape index (κ1) is 13.9. The lowest BCUT2D eigenvalue weighted by molar-refractivity contribution is -0.138. The summed E-state index contributed by atoms with van der Waals surface area (Å²) in [4.78, 5) is 20.1. The Morgan fingerprint density at radius 3 is 2.13 bits per heavy atom. The van der Waals surface area contributed by atoms with Crippen LogP contribution in [-0.2, 0) is 9.59 Å². The summed E-state index contributed by atoms with van der Waals surface area (Å²) in [6.07, 6.45) is 2.90. The van der Waals surface area contributed by atoms with E-state index in [0.29, 0.717) is 0 Å². The van der Waals surface area contributed by atoms with Crippen molar-refractivity contribution in [3.05, 3.63) is 0 Å². The quantitative estimate of drug-likeness (QED) is 0.483. The molecule has 1 aliphatic heterocycles. The number of carboxylic acids is 1. The van der Waals surface area contributed by atoms with Gasteiger partial charge in [-0.15, -0.1) is 0 Å². The molecule has 1 fully saturated rings. The second kappa shape index (κ2) is 8.19. The number of hydrogen-bond acceptors (Lipinski definition) is 4. The van der Waals surface area contributed by atoms with Crippen LogP contribution >= 0.6 is 0 Å². The molecule has 1 atom stereocenters. The number of rotatable bonds is 4. The fourth-order valence-electron chi connectivity index (χ4n) is 1.05. The monoisotopic (exact) mass is 217 g/mol. The molecule has 0 bridgehead atoms. The molecule has 0 radical (unpaired) electrons. The van der Waals surface area contributed by atoms with Gasteiger partial charge in [0.15, 0.2) is 0 Å². The highest BCUT2D eigenvalue weighted by molar-refractivity contribution is 5.76. The predicted molar refractivity (Wildman–Crippen MR) is 56.1 cm³/mol. The average Bonchev–Trinajstić information content (AvgIpc) is 2.71. The van der Waals surface area contributed by atoms with Crippen LogP contribution in [0.3, 0.4) is 0 Å². The maximum Gasteiger partial charge on any atom is 0.320 e. The predicted octanol–water partition coefficient (Wildman–Crippen LogP) is -0.966. The standard InChI is InChI=1S/C5H10N2O3.C4H9N/c6-3(5(9)10)1-2-4(7)8;1-2-4-5-3-1/h3H,1-2,6H2,(H2,7,8)(H,9,10);5H,1-4H2/t3-;/m0./s1. The number of carbonyl (C=O) groups is 2. The van der Waals surface area contributed by atoms with E-state index in [0.717, 1.165) is 0 Å². The van der Waals surface area contributed by atoms with Gasteiger partial charge in [-0.25, -0.2) is 0 Å². The van der Waals surface area contributed by atoms with Crippen LogP contribution in [0.5, 0.6) is 0 Å². The highest BCUT2D eigenvalue weighted by atomic mass is 16.4. The average molecular weight is 217 g/mol. The van der Waals surface area contributed by atoms with Gasteiger partial charge in [-0.3, -0.25) is 9.59 Å². The van der Waals surface area contributed by atoms with Crippen LogP contribution in [0.4, 0.5) is 0 Å². The fourth-order valence-corrected chi connectivity index (χ4v) is 1.05. The third-order valence-electron chi connectivity index (χ3n) is 1.98. The molecule has 6 heteroatoms. The van der Waals surface area contributed by atoms with E-state index in [-0.39, 0.29) is 12.8 Å². The van der Waals surface area contributed by atoms with Crippen molar-refractivity contribution in [2.75, 3.05) is 13.1 Å². The number of aliphatic carboxylic acids is 1. The molecule has 0 aliphatic carbocycles. The molecular weight excluding hydrogens is 198 g/mol. The lowest BCUT2D eigenvalue weighted by Gasteiger charge is -2.01. The Labute approximate surface area is 89.0 Å². The number of amides is 1. The van der Waals surface area contributed by atoms with Crippen LogP contribution < -0.4 is 16.8 Å². The van der Waals surface area contributed by atoms with Gasteiger partial charge in [-0.1, -0.05) is 0 Å². The normalized spacial score (nSPS) is 16.3. The zero-order chi connectivity index (χ0) is 11.7. The number of carboxylic acid groups (broad SMARTS) is 1. The van der Waals surface area contributed by atoms with E-state index >= 15 is 0 Å². The van der Waals surface area contributed by atoms with Gasteiger partial charge in [0, 0.05) is 6.42 Å². The number of nitrogens with two attached hydrogens (primary N) is 2. The lowest BCUT2D eigenvalue weighted by Crippen LogP contribution is -2.31. The number of nitrogens with one attached hydrogen (secondary N) is 1. The highest BCUT2D eigenvalue weighted by Crippen LogP contribution is 1.92. The fraction of sp³-hybridized carbons (Fsp3) is 0.778. The minimum Gasteiger partial charge on any atom is -0.480 e. The molecule has 1 rings (SSSR count). The first-order valence-electron chi connectivity index (χ1n) is 5.01. The smallest absolute Gasteiger partial charge is 0.320 e. The summed E-state index contributed by atoms with van der Waals surface area (Å²) in [7, 11) is 0. The molecule has 0 saturated carbocycles. The van der Waals surface area contributed by atoms with E-state index in [4.69, 9.17) is 16.6 Å². The third kappa shape index (κ3) is 9.17.